The Hall–Kier alpha value is -1.08. The minimum Gasteiger partial charge on any atom is -0.316 e. The van der Waals surface area contributed by atoms with E-state index in [1.807, 2.05) is 0 Å². The third kappa shape index (κ3) is 8.95. The van der Waals surface area contributed by atoms with Crippen LogP contribution in [0.3, 0.4) is 0 Å². The zero-order valence-electron chi connectivity index (χ0n) is 16.2. The minimum absolute atomic E-state index is 0.625. The van der Waals surface area contributed by atoms with Gasteiger partial charge in [-0.1, -0.05) is 62.2 Å². The van der Waals surface area contributed by atoms with Crippen molar-refractivity contribution in [2.24, 2.45) is 11.8 Å². The summed E-state index contributed by atoms with van der Waals surface area (Å²) in [6.45, 7) is 15.8. The number of hydrogen-bond donors (Lipinski definition) is 1. The van der Waals surface area contributed by atoms with Crippen LogP contribution in [0.2, 0.25) is 0 Å². The predicted octanol–water partition coefficient (Wildman–Crippen LogP) is 6.10. The van der Waals surface area contributed by atoms with Gasteiger partial charge in [-0.15, -0.1) is 0 Å². The number of benzene rings is 1. The molecule has 0 aliphatic carbocycles. The molecule has 0 spiro atoms. The average molecular weight is 316 g/mol. The second-order valence-corrected chi connectivity index (χ2v) is 7.79. The smallest absolute Gasteiger partial charge is 0.00258 e. The van der Waals surface area contributed by atoms with Gasteiger partial charge in [0.1, 0.15) is 0 Å². The summed E-state index contributed by atoms with van der Waals surface area (Å²) in [5.41, 5.74) is 4.26. The summed E-state index contributed by atoms with van der Waals surface area (Å²) in [6, 6.07) is 9.06. The van der Waals surface area contributed by atoms with E-state index in [0.29, 0.717) is 11.8 Å². The molecule has 0 amide bonds. The standard InChI is InChI=1S/C22H37N/c1-17(2)14-21(8-7-13-23-16-18(3)4)15-20(6)22-11-9-19(5)10-12-22/h9-12,14,18,20-21,23H,7-8,13,15-16H2,1-6H3/t20-,21?/m0/s1. The van der Waals surface area contributed by atoms with Crippen LogP contribution in [0.15, 0.2) is 35.9 Å². The average Bonchev–Trinajstić information content (AvgIpc) is 2.46. The molecule has 1 aromatic carbocycles. The Kier molecular flexibility index (Phi) is 9.24. The van der Waals surface area contributed by atoms with Crippen molar-refractivity contribution in [3.05, 3.63) is 47.0 Å². The van der Waals surface area contributed by atoms with E-state index in [9.17, 15) is 0 Å². The Labute approximate surface area is 144 Å². The van der Waals surface area contributed by atoms with Gasteiger partial charge in [-0.2, -0.15) is 0 Å². The van der Waals surface area contributed by atoms with Gasteiger partial charge >= 0.3 is 0 Å². The summed E-state index contributed by atoms with van der Waals surface area (Å²) in [4.78, 5) is 0. The molecule has 0 saturated carbocycles. The monoisotopic (exact) mass is 315 g/mol. The first-order chi connectivity index (χ1) is 10.9. The van der Waals surface area contributed by atoms with Gasteiger partial charge in [-0.05, 0) is 76.4 Å². The zero-order chi connectivity index (χ0) is 17.2. The molecule has 1 aromatic rings. The van der Waals surface area contributed by atoms with Crippen molar-refractivity contribution in [2.45, 2.75) is 66.7 Å². The molecule has 0 heterocycles. The molecule has 0 aliphatic heterocycles. The Morgan fingerprint density at radius 3 is 2.30 bits per heavy atom. The van der Waals surface area contributed by atoms with Crippen LogP contribution in [-0.4, -0.2) is 13.1 Å². The van der Waals surface area contributed by atoms with Crippen molar-refractivity contribution >= 4 is 0 Å². The molecule has 1 unspecified atom stereocenters. The fourth-order valence-electron chi connectivity index (χ4n) is 3.11. The second-order valence-electron chi connectivity index (χ2n) is 7.79. The van der Waals surface area contributed by atoms with Crippen LogP contribution in [0.25, 0.3) is 0 Å². The maximum Gasteiger partial charge on any atom is -0.00258 e. The van der Waals surface area contributed by atoms with Crippen LogP contribution in [0.1, 0.15) is 70.9 Å². The summed E-state index contributed by atoms with van der Waals surface area (Å²) < 4.78 is 0. The first-order valence-electron chi connectivity index (χ1n) is 9.30. The van der Waals surface area contributed by atoms with Crippen LogP contribution in [0, 0.1) is 18.8 Å². The lowest BCUT2D eigenvalue weighted by Gasteiger charge is -2.20. The molecule has 0 saturated heterocycles. The molecule has 2 atom stereocenters. The summed E-state index contributed by atoms with van der Waals surface area (Å²) in [6.07, 6.45) is 6.28. The van der Waals surface area contributed by atoms with E-state index in [1.54, 1.807) is 0 Å². The lowest BCUT2D eigenvalue weighted by atomic mass is 9.86. The van der Waals surface area contributed by atoms with Crippen molar-refractivity contribution < 1.29 is 0 Å². The van der Waals surface area contributed by atoms with Crippen molar-refractivity contribution in [3.8, 4) is 0 Å². The molecule has 0 aliphatic rings. The SMILES string of the molecule is CC(C)=CC(CCCNCC(C)C)C[C@H](C)c1ccc(C)cc1. The normalized spacial score (nSPS) is 13.9. The number of hydrogen-bond acceptors (Lipinski definition) is 1. The van der Waals surface area contributed by atoms with E-state index < -0.39 is 0 Å². The third-order valence-electron chi connectivity index (χ3n) is 4.35. The van der Waals surface area contributed by atoms with E-state index in [-0.39, 0.29) is 0 Å². The summed E-state index contributed by atoms with van der Waals surface area (Å²) in [5, 5.41) is 3.56. The number of allylic oxidation sites excluding steroid dienone is 2. The van der Waals surface area contributed by atoms with Gasteiger partial charge < -0.3 is 5.32 Å². The van der Waals surface area contributed by atoms with Crippen LogP contribution in [0.4, 0.5) is 0 Å². The summed E-state index contributed by atoms with van der Waals surface area (Å²) in [7, 11) is 0. The van der Waals surface area contributed by atoms with E-state index in [0.717, 1.165) is 19.0 Å². The Morgan fingerprint density at radius 2 is 1.74 bits per heavy atom. The van der Waals surface area contributed by atoms with E-state index in [2.05, 4.69) is 77.2 Å². The second kappa shape index (κ2) is 10.6. The molecule has 1 heteroatoms. The van der Waals surface area contributed by atoms with Crippen molar-refractivity contribution in [1.29, 1.82) is 0 Å². The van der Waals surface area contributed by atoms with Gasteiger partial charge in [0.25, 0.3) is 0 Å². The maximum absolute atomic E-state index is 3.56. The lowest BCUT2D eigenvalue weighted by molar-refractivity contribution is 0.460. The minimum atomic E-state index is 0.625. The van der Waals surface area contributed by atoms with Gasteiger partial charge in [0.2, 0.25) is 0 Å². The highest BCUT2D eigenvalue weighted by atomic mass is 14.8. The molecular formula is C22H37N. The van der Waals surface area contributed by atoms with Crippen molar-refractivity contribution in [1.82, 2.24) is 5.32 Å². The Morgan fingerprint density at radius 1 is 1.09 bits per heavy atom. The van der Waals surface area contributed by atoms with Crippen LogP contribution in [-0.2, 0) is 0 Å². The largest absolute Gasteiger partial charge is 0.316 e. The van der Waals surface area contributed by atoms with Gasteiger partial charge in [-0.3, -0.25) is 0 Å². The number of nitrogens with one attached hydrogen (secondary N) is 1. The highest BCUT2D eigenvalue weighted by Crippen LogP contribution is 2.27. The highest BCUT2D eigenvalue weighted by Gasteiger charge is 2.13. The van der Waals surface area contributed by atoms with E-state index in [4.69, 9.17) is 0 Å². The number of rotatable bonds is 10. The van der Waals surface area contributed by atoms with Crippen LogP contribution >= 0.6 is 0 Å². The molecule has 0 aromatic heterocycles. The molecular weight excluding hydrogens is 278 g/mol. The molecule has 1 rings (SSSR count). The Balaban J connectivity index is 2.50. The van der Waals surface area contributed by atoms with Crippen LogP contribution in [0.5, 0.6) is 0 Å². The summed E-state index contributed by atoms with van der Waals surface area (Å²) in [5.74, 6) is 2.06. The molecule has 1 N–H and O–H groups in total. The van der Waals surface area contributed by atoms with Crippen molar-refractivity contribution in [2.75, 3.05) is 13.1 Å². The fraction of sp³-hybridized carbons (Fsp3) is 0.636. The topological polar surface area (TPSA) is 12.0 Å². The lowest BCUT2D eigenvalue weighted by Crippen LogP contribution is -2.21. The Bertz CT molecular complexity index is 451. The van der Waals surface area contributed by atoms with Crippen LogP contribution < -0.4 is 5.32 Å². The quantitative estimate of drug-likeness (QED) is 0.406. The van der Waals surface area contributed by atoms with E-state index in [1.165, 1.54) is 36.0 Å². The van der Waals surface area contributed by atoms with Gasteiger partial charge in [0, 0.05) is 0 Å². The predicted molar refractivity (Wildman–Crippen MR) is 104 cm³/mol. The fourth-order valence-corrected chi connectivity index (χ4v) is 3.11. The molecule has 130 valence electrons. The van der Waals surface area contributed by atoms with Gasteiger partial charge in [0.05, 0.1) is 0 Å². The first-order valence-corrected chi connectivity index (χ1v) is 9.30. The van der Waals surface area contributed by atoms with Gasteiger partial charge in [-0.25, -0.2) is 0 Å². The molecule has 0 radical (unpaired) electrons. The van der Waals surface area contributed by atoms with Crippen molar-refractivity contribution in [3.63, 3.8) is 0 Å². The van der Waals surface area contributed by atoms with E-state index >= 15 is 0 Å². The molecule has 23 heavy (non-hydrogen) atoms. The molecule has 1 nitrogen and oxygen atoms in total. The van der Waals surface area contributed by atoms with Gasteiger partial charge in [0.15, 0.2) is 0 Å². The maximum atomic E-state index is 3.56. The summed E-state index contributed by atoms with van der Waals surface area (Å²) >= 11 is 0. The molecule has 0 fully saturated rings. The zero-order valence-corrected chi connectivity index (χ0v) is 16.2. The third-order valence-corrected chi connectivity index (χ3v) is 4.35. The first kappa shape index (κ1) is 20.0. The highest BCUT2D eigenvalue weighted by molar-refractivity contribution is 5.24. The number of aryl methyl sites for hydroxylation is 1. The molecule has 0 bridgehead atoms.